The third-order valence-electron chi connectivity index (χ3n) is 3.65. The first-order valence-corrected chi connectivity index (χ1v) is 6.77. The van der Waals surface area contributed by atoms with E-state index in [1.165, 1.54) is 5.56 Å². The Morgan fingerprint density at radius 1 is 1.25 bits per heavy atom. The van der Waals surface area contributed by atoms with Gasteiger partial charge in [-0.1, -0.05) is 12.1 Å². The number of rotatable bonds is 4. The number of fused-ring (bicyclic) bond motifs is 1. The van der Waals surface area contributed by atoms with E-state index in [9.17, 15) is 0 Å². The van der Waals surface area contributed by atoms with Gasteiger partial charge in [0.1, 0.15) is 5.65 Å². The number of hydrogen-bond acceptors (Lipinski definition) is 3. The predicted octanol–water partition coefficient (Wildman–Crippen LogP) is 2.92. The molecule has 0 spiro atoms. The maximum atomic E-state index is 4.63. The lowest BCUT2D eigenvalue weighted by molar-refractivity contribution is 0.250. The maximum Gasteiger partial charge on any atom is 0.137 e. The first kappa shape index (κ1) is 12.8. The summed E-state index contributed by atoms with van der Waals surface area (Å²) in [6.45, 7) is 3.00. The van der Waals surface area contributed by atoms with E-state index < -0.39 is 0 Å². The van der Waals surface area contributed by atoms with Crippen molar-refractivity contribution in [3.8, 4) is 0 Å². The van der Waals surface area contributed by atoms with E-state index in [0.29, 0.717) is 6.04 Å². The van der Waals surface area contributed by atoms with Crippen molar-refractivity contribution in [3.63, 3.8) is 0 Å². The molecule has 0 aliphatic heterocycles. The summed E-state index contributed by atoms with van der Waals surface area (Å²) in [6.07, 6.45) is 7.83. The fourth-order valence-electron chi connectivity index (χ4n) is 2.33. The Hall–Kier alpha value is -2.20. The molecular formula is C16H18N4. The zero-order chi connectivity index (χ0) is 13.9. The van der Waals surface area contributed by atoms with Crippen LogP contribution in [-0.4, -0.2) is 26.3 Å². The van der Waals surface area contributed by atoms with Crippen LogP contribution in [0.25, 0.3) is 5.65 Å². The zero-order valence-electron chi connectivity index (χ0n) is 11.8. The Morgan fingerprint density at radius 3 is 2.90 bits per heavy atom. The Labute approximate surface area is 118 Å². The molecule has 0 saturated carbocycles. The van der Waals surface area contributed by atoms with Crippen LogP contribution in [0, 0.1) is 0 Å². The summed E-state index contributed by atoms with van der Waals surface area (Å²) in [5.41, 5.74) is 3.29. The highest BCUT2D eigenvalue weighted by Gasteiger charge is 2.13. The second-order valence-corrected chi connectivity index (χ2v) is 5.08. The number of imidazole rings is 1. The van der Waals surface area contributed by atoms with E-state index in [1.807, 2.05) is 36.7 Å². The topological polar surface area (TPSA) is 33.4 Å². The molecule has 4 heteroatoms. The Kier molecular flexibility index (Phi) is 3.48. The highest BCUT2D eigenvalue weighted by atomic mass is 15.1. The summed E-state index contributed by atoms with van der Waals surface area (Å²) in [6, 6.07) is 10.4. The van der Waals surface area contributed by atoms with Gasteiger partial charge in [0.25, 0.3) is 0 Å². The molecule has 0 saturated heterocycles. The number of pyridine rings is 2. The second-order valence-electron chi connectivity index (χ2n) is 5.08. The third-order valence-corrected chi connectivity index (χ3v) is 3.65. The Bertz CT molecular complexity index is 657. The van der Waals surface area contributed by atoms with Gasteiger partial charge in [0.15, 0.2) is 0 Å². The lowest BCUT2D eigenvalue weighted by Gasteiger charge is -2.23. The van der Waals surface area contributed by atoms with Crippen LogP contribution in [0.1, 0.15) is 24.2 Å². The second kappa shape index (κ2) is 5.43. The first-order valence-electron chi connectivity index (χ1n) is 6.77. The van der Waals surface area contributed by atoms with Crippen LogP contribution in [0.2, 0.25) is 0 Å². The summed E-state index contributed by atoms with van der Waals surface area (Å²) in [5.74, 6) is 0. The van der Waals surface area contributed by atoms with Gasteiger partial charge >= 0.3 is 0 Å². The van der Waals surface area contributed by atoms with Gasteiger partial charge in [-0.3, -0.25) is 9.88 Å². The van der Waals surface area contributed by atoms with E-state index in [1.54, 1.807) is 6.20 Å². The molecular weight excluding hydrogens is 248 g/mol. The van der Waals surface area contributed by atoms with Crippen LogP contribution in [-0.2, 0) is 6.54 Å². The van der Waals surface area contributed by atoms with Crippen LogP contribution in [0.15, 0.2) is 55.1 Å². The Balaban J connectivity index is 1.76. The fourth-order valence-corrected chi connectivity index (χ4v) is 2.33. The van der Waals surface area contributed by atoms with Crippen molar-refractivity contribution in [1.82, 2.24) is 19.3 Å². The average Bonchev–Trinajstić information content (AvgIpc) is 2.89. The van der Waals surface area contributed by atoms with Crippen LogP contribution in [0.4, 0.5) is 0 Å². The molecule has 102 valence electrons. The lowest BCUT2D eigenvalue weighted by Crippen LogP contribution is -2.22. The number of aromatic nitrogens is 3. The van der Waals surface area contributed by atoms with Gasteiger partial charge < -0.3 is 4.40 Å². The standard InChI is InChI=1S/C16H18N4/c1-13(14-6-5-8-17-10-14)19(2)11-15-12-20-9-4-3-7-16(20)18-15/h3-10,12-13H,11H2,1-2H3/t13-/m1/s1. The van der Waals surface area contributed by atoms with Crippen LogP contribution >= 0.6 is 0 Å². The summed E-state index contributed by atoms with van der Waals surface area (Å²) in [7, 11) is 2.11. The average molecular weight is 266 g/mol. The number of nitrogens with zero attached hydrogens (tertiary/aromatic N) is 4. The molecule has 0 unspecified atom stereocenters. The van der Waals surface area contributed by atoms with Gasteiger partial charge in [-0.25, -0.2) is 4.98 Å². The molecule has 0 aromatic carbocycles. The van der Waals surface area contributed by atoms with Crippen molar-refractivity contribution in [2.75, 3.05) is 7.05 Å². The van der Waals surface area contributed by atoms with Gasteiger partial charge in [0.2, 0.25) is 0 Å². The van der Waals surface area contributed by atoms with Crippen molar-refractivity contribution in [1.29, 1.82) is 0 Å². The molecule has 0 bridgehead atoms. The van der Waals surface area contributed by atoms with Crippen LogP contribution < -0.4 is 0 Å². The first-order chi connectivity index (χ1) is 9.74. The summed E-state index contributed by atoms with van der Waals surface area (Å²) < 4.78 is 2.05. The van der Waals surface area contributed by atoms with Gasteiger partial charge in [-0.2, -0.15) is 0 Å². The number of hydrogen-bond donors (Lipinski definition) is 0. The van der Waals surface area contributed by atoms with Crippen LogP contribution in [0.5, 0.6) is 0 Å². The maximum absolute atomic E-state index is 4.63. The molecule has 0 N–H and O–H groups in total. The molecule has 3 heterocycles. The van der Waals surface area contributed by atoms with Gasteiger partial charge in [-0.15, -0.1) is 0 Å². The molecule has 0 aliphatic rings. The predicted molar refractivity (Wildman–Crippen MR) is 79.3 cm³/mol. The van der Waals surface area contributed by atoms with Crippen molar-refractivity contribution < 1.29 is 0 Å². The van der Waals surface area contributed by atoms with Gasteiger partial charge in [0.05, 0.1) is 5.69 Å². The van der Waals surface area contributed by atoms with Gasteiger partial charge in [-0.05, 0) is 37.7 Å². The minimum absolute atomic E-state index is 0.313. The largest absolute Gasteiger partial charge is 0.307 e. The molecule has 1 atom stereocenters. The normalized spacial score (nSPS) is 12.9. The lowest BCUT2D eigenvalue weighted by atomic mass is 10.1. The minimum atomic E-state index is 0.313. The highest BCUT2D eigenvalue weighted by molar-refractivity contribution is 5.39. The molecule has 3 aromatic rings. The van der Waals surface area contributed by atoms with Gasteiger partial charge in [0, 0.05) is 37.4 Å². The minimum Gasteiger partial charge on any atom is -0.307 e. The monoisotopic (exact) mass is 266 g/mol. The molecule has 20 heavy (non-hydrogen) atoms. The zero-order valence-corrected chi connectivity index (χ0v) is 11.8. The van der Waals surface area contributed by atoms with Crippen molar-refractivity contribution >= 4 is 5.65 Å². The molecule has 0 radical (unpaired) electrons. The van der Waals surface area contributed by atoms with E-state index >= 15 is 0 Å². The molecule has 0 amide bonds. The van der Waals surface area contributed by atoms with Crippen molar-refractivity contribution in [3.05, 3.63) is 66.4 Å². The molecule has 0 aliphatic carbocycles. The Morgan fingerprint density at radius 2 is 2.15 bits per heavy atom. The molecule has 3 rings (SSSR count). The molecule has 4 nitrogen and oxygen atoms in total. The third kappa shape index (κ3) is 2.56. The molecule has 3 aromatic heterocycles. The van der Waals surface area contributed by atoms with E-state index in [4.69, 9.17) is 0 Å². The summed E-state index contributed by atoms with van der Waals surface area (Å²) >= 11 is 0. The highest BCUT2D eigenvalue weighted by Crippen LogP contribution is 2.19. The summed E-state index contributed by atoms with van der Waals surface area (Å²) in [4.78, 5) is 11.1. The SMILES string of the molecule is C[C@H](c1cccnc1)N(C)Cc1cn2ccccc2n1. The van der Waals surface area contributed by atoms with Crippen molar-refractivity contribution in [2.24, 2.45) is 0 Å². The van der Waals surface area contributed by atoms with E-state index in [2.05, 4.69) is 45.5 Å². The van der Waals surface area contributed by atoms with Crippen molar-refractivity contribution in [2.45, 2.75) is 19.5 Å². The quantitative estimate of drug-likeness (QED) is 0.728. The smallest absolute Gasteiger partial charge is 0.137 e. The summed E-state index contributed by atoms with van der Waals surface area (Å²) in [5, 5.41) is 0. The van der Waals surface area contributed by atoms with Crippen LogP contribution in [0.3, 0.4) is 0 Å². The van der Waals surface area contributed by atoms with E-state index in [0.717, 1.165) is 17.9 Å². The molecule has 0 fully saturated rings. The van der Waals surface area contributed by atoms with E-state index in [-0.39, 0.29) is 0 Å². The fraction of sp³-hybridized carbons (Fsp3) is 0.250.